The molecule has 0 unspecified atom stereocenters. The molecule has 21 heavy (non-hydrogen) atoms. The van der Waals surface area contributed by atoms with E-state index in [-0.39, 0.29) is 16.8 Å². The average molecular weight is 313 g/mol. The van der Waals surface area contributed by atoms with Crippen molar-refractivity contribution < 1.29 is 14.5 Å². The number of rotatable bonds is 1. The Morgan fingerprint density at radius 3 is 2.62 bits per heavy atom. The van der Waals surface area contributed by atoms with Gasteiger partial charge in [0.25, 0.3) is 5.69 Å². The first kappa shape index (κ1) is 15.6. The summed E-state index contributed by atoms with van der Waals surface area (Å²) in [5.41, 5.74) is 1.03. The predicted octanol–water partition coefficient (Wildman–Crippen LogP) is 3.54. The SMILES string of the molecule is CC(C)(C)OC(=O)N1CCc2cc([N+](=O)[O-])c(Cl)cc2C1. The molecule has 2 rings (SSSR count). The molecule has 0 bridgehead atoms. The van der Waals surface area contributed by atoms with Crippen LogP contribution in [0, 0.1) is 10.1 Å². The van der Waals surface area contributed by atoms with Gasteiger partial charge in [0.1, 0.15) is 10.6 Å². The summed E-state index contributed by atoms with van der Waals surface area (Å²) >= 11 is 5.91. The average Bonchev–Trinajstić information content (AvgIpc) is 2.34. The Labute approximate surface area is 127 Å². The number of nitro groups is 1. The van der Waals surface area contributed by atoms with Crippen LogP contribution in [0.5, 0.6) is 0 Å². The summed E-state index contributed by atoms with van der Waals surface area (Å²) in [6, 6.07) is 3.05. The van der Waals surface area contributed by atoms with E-state index in [1.54, 1.807) is 11.0 Å². The van der Waals surface area contributed by atoms with Crippen molar-refractivity contribution >= 4 is 23.4 Å². The minimum absolute atomic E-state index is 0.0878. The first-order valence-electron chi connectivity index (χ1n) is 6.61. The summed E-state index contributed by atoms with van der Waals surface area (Å²) in [5, 5.41) is 11.0. The third-order valence-corrected chi connectivity index (χ3v) is 3.43. The van der Waals surface area contributed by atoms with Crippen molar-refractivity contribution in [3.63, 3.8) is 0 Å². The van der Waals surface area contributed by atoms with E-state index in [0.717, 1.165) is 11.1 Å². The summed E-state index contributed by atoms with van der Waals surface area (Å²) < 4.78 is 5.33. The second-order valence-corrected chi connectivity index (χ2v) is 6.39. The number of nitrogens with zero attached hydrogens (tertiary/aromatic N) is 2. The summed E-state index contributed by atoms with van der Waals surface area (Å²) in [6.45, 7) is 6.25. The van der Waals surface area contributed by atoms with Crippen molar-refractivity contribution in [2.45, 2.75) is 39.3 Å². The van der Waals surface area contributed by atoms with Gasteiger partial charge in [0, 0.05) is 19.2 Å². The summed E-state index contributed by atoms with van der Waals surface area (Å²) in [6.07, 6.45) is 0.162. The molecule has 1 heterocycles. The molecule has 1 aromatic carbocycles. The number of benzene rings is 1. The zero-order valence-electron chi connectivity index (χ0n) is 12.2. The lowest BCUT2D eigenvalue weighted by Crippen LogP contribution is -2.39. The molecule has 0 aliphatic carbocycles. The Morgan fingerprint density at radius 1 is 1.38 bits per heavy atom. The van der Waals surface area contributed by atoms with E-state index in [0.29, 0.717) is 19.5 Å². The zero-order valence-corrected chi connectivity index (χ0v) is 12.9. The van der Waals surface area contributed by atoms with Gasteiger partial charge in [0.05, 0.1) is 4.92 Å². The van der Waals surface area contributed by atoms with Gasteiger partial charge in [-0.25, -0.2) is 4.79 Å². The fourth-order valence-electron chi connectivity index (χ4n) is 2.19. The van der Waals surface area contributed by atoms with Crippen LogP contribution in [0.2, 0.25) is 5.02 Å². The summed E-state index contributed by atoms with van der Waals surface area (Å²) in [7, 11) is 0. The lowest BCUT2D eigenvalue weighted by Gasteiger charge is -2.31. The Hall–Kier alpha value is -1.82. The largest absolute Gasteiger partial charge is 0.444 e. The molecule has 1 aliphatic rings. The highest BCUT2D eigenvalue weighted by molar-refractivity contribution is 6.32. The fraction of sp³-hybridized carbons (Fsp3) is 0.500. The minimum Gasteiger partial charge on any atom is -0.444 e. The number of carbonyl (C=O) groups excluding carboxylic acids is 1. The molecule has 114 valence electrons. The van der Waals surface area contributed by atoms with Gasteiger partial charge in [-0.15, -0.1) is 0 Å². The van der Waals surface area contributed by atoms with Crippen molar-refractivity contribution in [2.24, 2.45) is 0 Å². The molecule has 0 fully saturated rings. The molecule has 0 atom stereocenters. The van der Waals surface area contributed by atoms with Crippen molar-refractivity contribution in [2.75, 3.05) is 6.54 Å². The van der Waals surface area contributed by atoms with Crippen LogP contribution in [0.3, 0.4) is 0 Å². The number of ether oxygens (including phenoxy) is 1. The molecule has 0 N–H and O–H groups in total. The van der Waals surface area contributed by atoms with E-state index in [4.69, 9.17) is 16.3 Å². The Bertz CT molecular complexity index is 595. The van der Waals surface area contributed by atoms with Gasteiger partial charge in [0.15, 0.2) is 0 Å². The predicted molar refractivity (Wildman–Crippen MR) is 78.5 cm³/mol. The molecular weight excluding hydrogens is 296 g/mol. The van der Waals surface area contributed by atoms with Gasteiger partial charge in [-0.05, 0) is 44.4 Å². The maximum Gasteiger partial charge on any atom is 0.410 e. The Kier molecular flexibility index (Phi) is 4.09. The highest BCUT2D eigenvalue weighted by Crippen LogP contribution is 2.31. The molecule has 6 nitrogen and oxygen atoms in total. The second kappa shape index (κ2) is 5.52. The van der Waals surface area contributed by atoms with E-state index in [1.807, 2.05) is 20.8 Å². The van der Waals surface area contributed by atoms with Crippen molar-refractivity contribution in [1.29, 1.82) is 0 Å². The molecule has 0 radical (unpaired) electrons. The van der Waals surface area contributed by atoms with Crippen LogP contribution in [0.25, 0.3) is 0 Å². The van der Waals surface area contributed by atoms with Crippen LogP contribution >= 0.6 is 11.6 Å². The highest BCUT2D eigenvalue weighted by Gasteiger charge is 2.27. The van der Waals surface area contributed by atoms with Gasteiger partial charge < -0.3 is 9.64 Å². The highest BCUT2D eigenvalue weighted by atomic mass is 35.5. The summed E-state index contributed by atoms with van der Waals surface area (Å²) in [4.78, 5) is 24.0. The molecule has 0 saturated carbocycles. The smallest absolute Gasteiger partial charge is 0.410 e. The molecule has 1 aromatic rings. The van der Waals surface area contributed by atoms with Gasteiger partial charge >= 0.3 is 6.09 Å². The maximum atomic E-state index is 12.0. The van der Waals surface area contributed by atoms with Crippen LogP contribution in [-0.2, 0) is 17.7 Å². The monoisotopic (exact) mass is 312 g/mol. The van der Waals surface area contributed by atoms with E-state index in [2.05, 4.69) is 0 Å². The van der Waals surface area contributed by atoms with Gasteiger partial charge in [-0.3, -0.25) is 10.1 Å². The first-order valence-corrected chi connectivity index (χ1v) is 6.99. The number of hydrogen-bond acceptors (Lipinski definition) is 4. The number of amides is 1. The van der Waals surface area contributed by atoms with Crippen molar-refractivity contribution in [3.8, 4) is 0 Å². The minimum atomic E-state index is -0.551. The molecular formula is C14H17ClN2O4. The second-order valence-electron chi connectivity index (χ2n) is 5.98. The quantitative estimate of drug-likeness (QED) is 0.587. The molecule has 0 spiro atoms. The molecule has 0 aromatic heterocycles. The normalized spacial score (nSPS) is 14.6. The van der Waals surface area contributed by atoms with Gasteiger partial charge in [0.2, 0.25) is 0 Å². The third kappa shape index (κ3) is 3.64. The molecule has 1 aliphatic heterocycles. The number of fused-ring (bicyclic) bond motifs is 1. The van der Waals surface area contributed by atoms with E-state index in [9.17, 15) is 14.9 Å². The Balaban J connectivity index is 2.19. The van der Waals surface area contributed by atoms with Crippen LogP contribution in [-0.4, -0.2) is 28.1 Å². The molecule has 7 heteroatoms. The van der Waals surface area contributed by atoms with Crippen LogP contribution in [0.1, 0.15) is 31.9 Å². The van der Waals surface area contributed by atoms with Crippen LogP contribution in [0.15, 0.2) is 12.1 Å². The van der Waals surface area contributed by atoms with Crippen LogP contribution in [0.4, 0.5) is 10.5 Å². The first-order chi connectivity index (χ1) is 9.67. The maximum absolute atomic E-state index is 12.0. The van der Waals surface area contributed by atoms with Gasteiger partial charge in [-0.2, -0.15) is 0 Å². The van der Waals surface area contributed by atoms with Gasteiger partial charge in [-0.1, -0.05) is 11.6 Å². The molecule has 0 saturated heterocycles. The number of halogens is 1. The van der Waals surface area contributed by atoms with E-state index >= 15 is 0 Å². The van der Waals surface area contributed by atoms with E-state index < -0.39 is 10.5 Å². The number of nitro benzene ring substituents is 1. The molecule has 1 amide bonds. The lowest BCUT2D eigenvalue weighted by molar-refractivity contribution is -0.384. The Morgan fingerprint density at radius 2 is 2.05 bits per heavy atom. The summed E-state index contributed by atoms with van der Waals surface area (Å²) in [5.74, 6) is 0. The van der Waals surface area contributed by atoms with Crippen molar-refractivity contribution in [3.05, 3.63) is 38.4 Å². The number of carbonyl (C=O) groups is 1. The van der Waals surface area contributed by atoms with E-state index in [1.165, 1.54) is 6.07 Å². The standard InChI is InChI=1S/C14H17ClN2O4/c1-14(2,3)21-13(18)16-5-4-9-7-12(17(19)20)11(15)6-10(9)8-16/h6-7H,4-5,8H2,1-3H3. The third-order valence-electron chi connectivity index (χ3n) is 3.13. The lowest BCUT2D eigenvalue weighted by atomic mass is 9.99. The topological polar surface area (TPSA) is 72.7 Å². The van der Waals surface area contributed by atoms with Crippen LogP contribution < -0.4 is 0 Å². The fourth-order valence-corrected chi connectivity index (χ4v) is 2.44. The number of hydrogen-bond donors (Lipinski definition) is 0. The zero-order chi connectivity index (χ0) is 15.8. The van der Waals surface area contributed by atoms with Crippen molar-refractivity contribution in [1.82, 2.24) is 4.90 Å².